The van der Waals surface area contributed by atoms with Gasteiger partial charge < -0.3 is 4.90 Å². The third kappa shape index (κ3) is 2.78. The monoisotopic (exact) mass is 384 g/mol. The average Bonchev–Trinajstić information content (AvgIpc) is 3.42. The zero-order valence-corrected chi connectivity index (χ0v) is 15.5. The Morgan fingerprint density at radius 3 is 2.78 bits per heavy atom. The number of hydrogen-bond donors (Lipinski definition) is 0. The Kier molecular flexibility index (Phi) is 3.71. The predicted octanol–water partition coefficient (Wildman–Crippen LogP) is 3.25. The van der Waals surface area contributed by atoms with Crippen molar-refractivity contribution in [2.75, 3.05) is 22.9 Å². The van der Waals surface area contributed by atoms with Crippen LogP contribution in [-0.2, 0) is 6.54 Å². The van der Waals surface area contributed by atoms with Gasteiger partial charge in [0.05, 0.1) is 35.7 Å². The quantitative estimate of drug-likeness (QED) is 0.693. The lowest BCUT2D eigenvalue weighted by molar-refractivity contribution is 0.248. The molecular weight excluding hydrogens is 367 g/mol. The molecule has 0 aromatic carbocycles. The van der Waals surface area contributed by atoms with Crippen LogP contribution in [0.25, 0.3) is 11.3 Å². The number of fused-ring (bicyclic) bond motifs is 1. The fourth-order valence-corrected chi connectivity index (χ4v) is 4.25. The van der Waals surface area contributed by atoms with E-state index in [0.717, 1.165) is 27.1 Å². The minimum atomic E-state index is -0.779. The van der Waals surface area contributed by atoms with Crippen molar-refractivity contribution in [2.24, 2.45) is 0 Å². The van der Waals surface area contributed by atoms with Gasteiger partial charge in [-0.15, -0.1) is 11.3 Å². The summed E-state index contributed by atoms with van der Waals surface area (Å²) in [5.74, 6) is 0.772. The van der Waals surface area contributed by atoms with Crippen molar-refractivity contribution in [1.82, 2.24) is 19.7 Å². The van der Waals surface area contributed by atoms with E-state index in [0.29, 0.717) is 31.7 Å². The SMILES string of the molecule is Cc1ncc(N2Cc3cc(-c4ccc(N5CC[C@H](F)C5)nc4)nn3C2=O)s1. The number of carbonyl (C=O) groups is 1. The Hall–Kier alpha value is -2.81. The Labute approximate surface area is 159 Å². The van der Waals surface area contributed by atoms with Gasteiger partial charge in [0.15, 0.2) is 0 Å². The Bertz CT molecular complexity index is 1010. The number of halogens is 1. The number of pyridine rings is 1. The van der Waals surface area contributed by atoms with Crippen molar-refractivity contribution in [3.05, 3.63) is 41.3 Å². The molecule has 1 saturated heterocycles. The first kappa shape index (κ1) is 16.4. The molecule has 1 amide bonds. The van der Waals surface area contributed by atoms with Gasteiger partial charge in [-0.3, -0.25) is 4.90 Å². The van der Waals surface area contributed by atoms with Crippen LogP contribution in [0.4, 0.5) is 20.0 Å². The van der Waals surface area contributed by atoms with Crippen LogP contribution in [-0.4, -0.2) is 45.0 Å². The Morgan fingerprint density at radius 1 is 1.26 bits per heavy atom. The van der Waals surface area contributed by atoms with Crippen LogP contribution in [0.5, 0.6) is 0 Å². The maximum Gasteiger partial charge on any atom is 0.350 e. The molecule has 1 fully saturated rings. The van der Waals surface area contributed by atoms with Crippen LogP contribution in [0, 0.1) is 6.92 Å². The molecule has 0 aliphatic carbocycles. The number of rotatable bonds is 3. The smallest absolute Gasteiger partial charge is 0.350 e. The van der Waals surface area contributed by atoms with E-state index in [2.05, 4.69) is 15.1 Å². The van der Waals surface area contributed by atoms with E-state index >= 15 is 0 Å². The van der Waals surface area contributed by atoms with Gasteiger partial charge in [0.1, 0.15) is 17.0 Å². The van der Waals surface area contributed by atoms with Gasteiger partial charge in [-0.1, -0.05) is 0 Å². The zero-order chi connectivity index (χ0) is 18.5. The van der Waals surface area contributed by atoms with E-state index in [4.69, 9.17) is 0 Å². The third-order valence-corrected chi connectivity index (χ3v) is 5.82. The van der Waals surface area contributed by atoms with E-state index in [9.17, 15) is 9.18 Å². The summed E-state index contributed by atoms with van der Waals surface area (Å²) in [6.45, 7) is 3.47. The van der Waals surface area contributed by atoms with E-state index in [1.54, 1.807) is 17.3 Å². The highest BCUT2D eigenvalue weighted by Gasteiger charge is 2.31. The number of amides is 1. The molecule has 2 aliphatic heterocycles. The first-order valence-electron chi connectivity index (χ1n) is 8.77. The summed E-state index contributed by atoms with van der Waals surface area (Å²) >= 11 is 1.49. The van der Waals surface area contributed by atoms with Crippen molar-refractivity contribution in [3.63, 3.8) is 0 Å². The molecule has 9 heteroatoms. The fourth-order valence-electron chi connectivity index (χ4n) is 3.48. The number of hydrogen-bond acceptors (Lipinski definition) is 6. The molecule has 0 N–H and O–H groups in total. The van der Waals surface area contributed by atoms with Crippen molar-refractivity contribution in [2.45, 2.75) is 26.1 Å². The average molecular weight is 384 g/mol. The van der Waals surface area contributed by atoms with E-state index in [1.165, 1.54) is 16.0 Å². The fraction of sp³-hybridized carbons (Fsp3) is 0.333. The predicted molar refractivity (Wildman–Crippen MR) is 101 cm³/mol. The second kappa shape index (κ2) is 6.12. The van der Waals surface area contributed by atoms with Crippen molar-refractivity contribution in [1.29, 1.82) is 0 Å². The van der Waals surface area contributed by atoms with E-state index in [-0.39, 0.29) is 6.03 Å². The Morgan fingerprint density at radius 2 is 2.15 bits per heavy atom. The highest BCUT2D eigenvalue weighted by molar-refractivity contribution is 7.15. The zero-order valence-electron chi connectivity index (χ0n) is 14.7. The van der Waals surface area contributed by atoms with Gasteiger partial charge in [0, 0.05) is 18.3 Å². The highest BCUT2D eigenvalue weighted by atomic mass is 32.1. The number of aromatic nitrogens is 4. The molecule has 5 heterocycles. The van der Waals surface area contributed by atoms with Gasteiger partial charge in [0.2, 0.25) is 0 Å². The summed E-state index contributed by atoms with van der Waals surface area (Å²) < 4.78 is 14.8. The first-order valence-corrected chi connectivity index (χ1v) is 9.59. The Balaban J connectivity index is 1.37. The summed E-state index contributed by atoms with van der Waals surface area (Å²) in [7, 11) is 0. The van der Waals surface area contributed by atoms with Crippen LogP contribution in [0.15, 0.2) is 30.6 Å². The molecule has 5 rings (SSSR count). The molecule has 0 unspecified atom stereocenters. The summed E-state index contributed by atoms with van der Waals surface area (Å²) in [6.07, 6.45) is 3.22. The number of nitrogens with zero attached hydrogens (tertiary/aromatic N) is 6. The summed E-state index contributed by atoms with van der Waals surface area (Å²) in [5.41, 5.74) is 2.39. The van der Waals surface area contributed by atoms with Crippen LogP contribution < -0.4 is 9.80 Å². The van der Waals surface area contributed by atoms with Gasteiger partial charge in [-0.2, -0.15) is 9.78 Å². The lowest BCUT2D eigenvalue weighted by Gasteiger charge is -2.16. The lowest BCUT2D eigenvalue weighted by atomic mass is 10.2. The van der Waals surface area contributed by atoms with Gasteiger partial charge in [-0.25, -0.2) is 19.2 Å². The summed E-state index contributed by atoms with van der Waals surface area (Å²) in [6, 6.07) is 5.54. The lowest BCUT2D eigenvalue weighted by Crippen LogP contribution is -2.25. The van der Waals surface area contributed by atoms with Crippen LogP contribution >= 0.6 is 11.3 Å². The van der Waals surface area contributed by atoms with Crippen LogP contribution in [0.1, 0.15) is 17.1 Å². The molecule has 1 atom stereocenters. The number of carbonyl (C=O) groups excluding carboxylic acids is 1. The minimum absolute atomic E-state index is 0.171. The molecule has 2 aliphatic rings. The van der Waals surface area contributed by atoms with Crippen molar-refractivity contribution in [3.8, 4) is 11.3 Å². The maximum atomic E-state index is 13.4. The molecule has 0 saturated carbocycles. The maximum absolute atomic E-state index is 13.4. The largest absolute Gasteiger partial charge is 0.354 e. The van der Waals surface area contributed by atoms with E-state index < -0.39 is 6.17 Å². The molecule has 0 spiro atoms. The summed E-state index contributed by atoms with van der Waals surface area (Å²) in [5, 5.41) is 6.21. The van der Waals surface area contributed by atoms with Crippen molar-refractivity contribution < 1.29 is 9.18 Å². The second-order valence-electron chi connectivity index (χ2n) is 6.76. The number of alkyl halides is 1. The standard InChI is InChI=1S/C18H17FN6OS/c1-11-20-8-17(27-11)24-10-14-6-15(22-25(14)18(24)26)12-2-3-16(21-7-12)23-5-4-13(19)9-23/h2-3,6-8,13H,4-5,9-10H2,1H3/t13-/m0/s1. The number of aryl methyl sites for hydroxylation is 1. The van der Waals surface area contributed by atoms with Gasteiger partial charge in [-0.05, 0) is 31.5 Å². The summed E-state index contributed by atoms with van der Waals surface area (Å²) in [4.78, 5) is 24.9. The van der Waals surface area contributed by atoms with E-state index in [1.807, 2.05) is 30.0 Å². The van der Waals surface area contributed by atoms with Crippen molar-refractivity contribution >= 4 is 28.2 Å². The van der Waals surface area contributed by atoms with Crippen LogP contribution in [0.2, 0.25) is 0 Å². The topological polar surface area (TPSA) is 67.2 Å². The molecule has 7 nitrogen and oxygen atoms in total. The molecule has 138 valence electrons. The molecule has 0 bridgehead atoms. The molecule has 27 heavy (non-hydrogen) atoms. The second-order valence-corrected chi connectivity index (χ2v) is 7.97. The highest BCUT2D eigenvalue weighted by Crippen LogP contribution is 2.31. The minimum Gasteiger partial charge on any atom is -0.354 e. The van der Waals surface area contributed by atoms with Crippen LogP contribution in [0.3, 0.4) is 0 Å². The molecular formula is C18H17FN6OS. The first-order chi connectivity index (χ1) is 13.1. The molecule has 0 radical (unpaired) electrons. The third-order valence-electron chi connectivity index (χ3n) is 4.89. The molecule has 3 aromatic heterocycles. The number of anilines is 2. The molecule has 3 aromatic rings. The normalized spacial score (nSPS) is 19.2. The van der Waals surface area contributed by atoms with Gasteiger partial charge >= 0.3 is 6.03 Å². The number of thiazole rings is 1. The van der Waals surface area contributed by atoms with Gasteiger partial charge in [0.25, 0.3) is 0 Å².